The lowest BCUT2D eigenvalue weighted by molar-refractivity contribution is 0.226. The molecule has 3 unspecified atom stereocenters. The number of hydrogen-bond donors (Lipinski definition) is 1. The van der Waals surface area contributed by atoms with E-state index in [0.717, 1.165) is 50.8 Å². The summed E-state index contributed by atoms with van der Waals surface area (Å²) in [5, 5.41) is 4.16. The fourth-order valence-electron chi connectivity index (χ4n) is 3.66. The van der Waals surface area contributed by atoms with Crippen molar-refractivity contribution >= 4 is 12.9 Å². The van der Waals surface area contributed by atoms with Gasteiger partial charge >= 0.3 is 7.60 Å². The summed E-state index contributed by atoms with van der Waals surface area (Å²) < 4.78 is 24.7. The van der Waals surface area contributed by atoms with E-state index in [1.807, 2.05) is 36.5 Å². The van der Waals surface area contributed by atoms with Crippen molar-refractivity contribution in [3.63, 3.8) is 0 Å². The van der Waals surface area contributed by atoms with Gasteiger partial charge in [-0.05, 0) is 43.5 Å². The van der Waals surface area contributed by atoms with E-state index in [0.29, 0.717) is 23.9 Å². The summed E-state index contributed by atoms with van der Waals surface area (Å²) in [7, 11) is -3.35. The molecule has 1 aromatic carbocycles. The molecular weight excluding hydrogens is 407 g/mol. The van der Waals surface area contributed by atoms with E-state index in [1.54, 1.807) is 12.1 Å². The van der Waals surface area contributed by atoms with E-state index in [9.17, 15) is 4.57 Å². The first-order valence-corrected chi connectivity index (χ1v) is 12.8. The second-order valence-electron chi connectivity index (χ2n) is 7.84. The van der Waals surface area contributed by atoms with Crippen LogP contribution in [0.2, 0.25) is 0 Å². The summed E-state index contributed by atoms with van der Waals surface area (Å²) in [5.41, 5.74) is 1.16. The molecule has 1 saturated heterocycles. The highest BCUT2D eigenvalue weighted by molar-refractivity contribution is 7.62. The summed E-state index contributed by atoms with van der Waals surface area (Å²) in [5.74, 6) is 6.67. The molecule has 1 aromatic heterocycles. The Hall–Kier alpha value is -1.96. The molecule has 0 radical (unpaired) electrons. The molecule has 0 aliphatic carbocycles. The minimum Gasteiger partial charge on any atom is -0.312 e. The van der Waals surface area contributed by atoms with E-state index in [1.165, 1.54) is 0 Å². The van der Waals surface area contributed by atoms with Crippen LogP contribution in [-0.4, -0.2) is 30.8 Å². The Morgan fingerprint density at radius 2 is 1.90 bits per heavy atom. The van der Waals surface area contributed by atoms with Crippen LogP contribution in [0.3, 0.4) is 0 Å². The predicted molar refractivity (Wildman–Crippen MR) is 126 cm³/mol. The van der Waals surface area contributed by atoms with Crippen molar-refractivity contribution in [1.82, 2.24) is 10.3 Å². The normalized spacial score (nSPS) is 20.4. The van der Waals surface area contributed by atoms with Crippen LogP contribution in [0.25, 0.3) is 0 Å². The zero-order valence-corrected chi connectivity index (χ0v) is 19.2. The second kappa shape index (κ2) is 12.8. The maximum absolute atomic E-state index is 13.3. The van der Waals surface area contributed by atoms with Gasteiger partial charge in [-0.2, -0.15) is 0 Å². The Labute approximate surface area is 186 Å². The highest BCUT2D eigenvalue weighted by Gasteiger charge is 2.27. The Morgan fingerprint density at radius 1 is 1.06 bits per heavy atom. The number of nitrogens with zero attached hydrogens (tertiary/aromatic N) is 1. The van der Waals surface area contributed by atoms with Crippen LogP contribution in [0, 0.1) is 11.8 Å². The summed E-state index contributed by atoms with van der Waals surface area (Å²) in [6.07, 6.45) is 7.80. The van der Waals surface area contributed by atoms with Crippen molar-refractivity contribution in [2.45, 2.75) is 57.4 Å². The van der Waals surface area contributed by atoms with E-state index in [-0.39, 0.29) is 6.61 Å². The Balaban J connectivity index is 1.45. The van der Waals surface area contributed by atoms with Crippen molar-refractivity contribution in [2.24, 2.45) is 0 Å². The molecular formula is C25H33N2O3P. The van der Waals surface area contributed by atoms with E-state index >= 15 is 0 Å². The monoisotopic (exact) mass is 440 g/mol. The molecule has 0 amide bonds. The molecule has 3 rings (SSSR count). The second-order valence-corrected chi connectivity index (χ2v) is 9.87. The number of aromatic nitrogens is 1. The van der Waals surface area contributed by atoms with E-state index < -0.39 is 7.60 Å². The first-order valence-electron chi connectivity index (χ1n) is 11.3. The third kappa shape index (κ3) is 7.59. The highest BCUT2D eigenvalue weighted by atomic mass is 31.2. The molecule has 1 aliphatic heterocycles. The van der Waals surface area contributed by atoms with Gasteiger partial charge < -0.3 is 9.84 Å². The number of nitrogens with one attached hydrogen (secondary N) is 1. The Morgan fingerprint density at radius 3 is 2.61 bits per heavy atom. The van der Waals surface area contributed by atoms with Crippen molar-refractivity contribution in [2.75, 3.05) is 19.8 Å². The molecule has 2 heterocycles. The third-order valence-electron chi connectivity index (χ3n) is 5.48. The van der Waals surface area contributed by atoms with Gasteiger partial charge in [-0.15, -0.1) is 0 Å². The van der Waals surface area contributed by atoms with Crippen LogP contribution in [0.5, 0.6) is 0 Å². The molecule has 5 nitrogen and oxygen atoms in total. The van der Waals surface area contributed by atoms with Crippen molar-refractivity contribution in [3.05, 3.63) is 60.4 Å². The van der Waals surface area contributed by atoms with Crippen LogP contribution >= 0.6 is 7.60 Å². The van der Waals surface area contributed by atoms with Crippen LogP contribution < -0.4 is 10.6 Å². The standard InChI is InChI=1S/C25H33N2O3P/c1-2-3-10-19-29-31(28,24-13-5-4-6-14-24)30-20-11-8-12-23-17-16-22(21-27-23)25-15-7-9-18-26-25/h4-7,9,13-15,18,22-23,27H,2-3,10,12,16-17,19-21H2,1H3. The molecule has 0 spiro atoms. The SMILES string of the molecule is CCCCCOP(=O)(OCC#CCC1CCC(c2ccccn2)CN1)c1ccccc1. The van der Waals surface area contributed by atoms with E-state index in [2.05, 4.69) is 35.1 Å². The maximum atomic E-state index is 13.3. The Bertz CT molecular complexity index is 872. The number of hydrogen-bond acceptors (Lipinski definition) is 5. The summed E-state index contributed by atoms with van der Waals surface area (Å²) in [6.45, 7) is 3.58. The van der Waals surface area contributed by atoms with Gasteiger partial charge in [0.2, 0.25) is 0 Å². The van der Waals surface area contributed by atoms with Crippen LogP contribution in [0.15, 0.2) is 54.7 Å². The van der Waals surface area contributed by atoms with Gasteiger partial charge in [0, 0.05) is 36.8 Å². The summed E-state index contributed by atoms with van der Waals surface area (Å²) in [4.78, 5) is 4.47. The van der Waals surface area contributed by atoms with Gasteiger partial charge in [0.1, 0.15) is 6.61 Å². The molecule has 2 aromatic rings. The van der Waals surface area contributed by atoms with Gasteiger partial charge in [-0.3, -0.25) is 14.1 Å². The van der Waals surface area contributed by atoms with Crippen molar-refractivity contribution in [3.8, 4) is 11.8 Å². The van der Waals surface area contributed by atoms with Gasteiger partial charge in [-0.25, -0.2) is 0 Å². The van der Waals surface area contributed by atoms with Gasteiger partial charge in [0.25, 0.3) is 0 Å². The molecule has 31 heavy (non-hydrogen) atoms. The zero-order chi connectivity index (χ0) is 21.8. The number of piperidine rings is 1. The predicted octanol–water partition coefficient (Wildman–Crippen LogP) is 5.05. The average Bonchev–Trinajstić information content (AvgIpc) is 2.83. The summed E-state index contributed by atoms with van der Waals surface area (Å²) in [6, 6.07) is 15.6. The fraction of sp³-hybridized carbons (Fsp3) is 0.480. The fourth-order valence-corrected chi connectivity index (χ4v) is 5.17. The molecule has 1 fully saturated rings. The number of benzene rings is 1. The van der Waals surface area contributed by atoms with Gasteiger partial charge in [0.05, 0.1) is 11.9 Å². The summed E-state index contributed by atoms with van der Waals surface area (Å²) >= 11 is 0. The van der Waals surface area contributed by atoms with Gasteiger partial charge in [0.15, 0.2) is 0 Å². The number of rotatable bonds is 10. The molecule has 0 saturated carbocycles. The lowest BCUT2D eigenvalue weighted by Gasteiger charge is -2.28. The highest BCUT2D eigenvalue weighted by Crippen LogP contribution is 2.46. The third-order valence-corrected chi connectivity index (χ3v) is 7.41. The maximum Gasteiger partial charge on any atom is 0.362 e. The number of pyridine rings is 1. The van der Waals surface area contributed by atoms with Crippen molar-refractivity contribution < 1.29 is 13.6 Å². The smallest absolute Gasteiger partial charge is 0.312 e. The number of unbranched alkanes of at least 4 members (excludes halogenated alkanes) is 2. The first kappa shape index (κ1) is 23.7. The molecule has 0 bridgehead atoms. The van der Waals surface area contributed by atoms with Crippen LogP contribution in [-0.2, 0) is 13.6 Å². The first-order chi connectivity index (χ1) is 15.2. The lowest BCUT2D eigenvalue weighted by Crippen LogP contribution is -2.37. The zero-order valence-electron chi connectivity index (χ0n) is 18.3. The minimum absolute atomic E-state index is 0.100. The van der Waals surface area contributed by atoms with Crippen LogP contribution in [0.4, 0.5) is 0 Å². The topological polar surface area (TPSA) is 60.5 Å². The molecule has 1 aliphatic rings. The largest absolute Gasteiger partial charge is 0.362 e. The molecule has 1 N–H and O–H groups in total. The van der Waals surface area contributed by atoms with E-state index in [4.69, 9.17) is 9.05 Å². The molecule has 3 atom stereocenters. The quantitative estimate of drug-likeness (QED) is 0.318. The van der Waals surface area contributed by atoms with Crippen LogP contribution in [0.1, 0.15) is 57.1 Å². The van der Waals surface area contributed by atoms with Gasteiger partial charge in [-0.1, -0.05) is 55.9 Å². The average molecular weight is 441 g/mol. The Kier molecular flexibility index (Phi) is 9.78. The molecule has 166 valence electrons. The lowest BCUT2D eigenvalue weighted by atomic mass is 9.91. The molecule has 6 heteroatoms. The minimum atomic E-state index is -3.35. The van der Waals surface area contributed by atoms with Crippen molar-refractivity contribution in [1.29, 1.82) is 0 Å².